The first-order chi connectivity index (χ1) is 10.2. The molecule has 2 N–H and O–H groups in total. The Bertz CT molecular complexity index is 611. The van der Waals surface area contributed by atoms with Crippen molar-refractivity contribution in [3.63, 3.8) is 0 Å². The lowest BCUT2D eigenvalue weighted by Crippen LogP contribution is -2.08. The van der Waals surface area contributed by atoms with E-state index < -0.39 is 0 Å². The smallest absolute Gasteiger partial charge is 0.323 e. The molecule has 0 aliphatic rings. The molecule has 0 aliphatic carbocycles. The van der Waals surface area contributed by atoms with Crippen LogP contribution in [0.2, 0.25) is 0 Å². The van der Waals surface area contributed by atoms with Crippen molar-refractivity contribution in [2.45, 2.75) is 13.8 Å². The number of anilines is 3. The SMILES string of the molecule is CCNc1nc(Nc2ccc(C#N)cc2)nc(OCC)n1. The second-order valence-electron chi connectivity index (χ2n) is 4.04. The minimum atomic E-state index is 0.264. The van der Waals surface area contributed by atoms with Crippen molar-refractivity contribution in [2.75, 3.05) is 23.8 Å². The molecule has 0 radical (unpaired) electrons. The van der Waals surface area contributed by atoms with E-state index >= 15 is 0 Å². The zero-order chi connectivity index (χ0) is 15.1. The minimum absolute atomic E-state index is 0.264. The summed E-state index contributed by atoms with van der Waals surface area (Å²) < 4.78 is 5.32. The molecule has 1 aromatic carbocycles. The Balaban J connectivity index is 2.22. The second-order valence-corrected chi connectivity index (χ2v) is 4.04. The third-order valence-corrected chi connectivity index (χ3v) is 2.49. The number of hydrogen-bond donors (Lipinski definition) is 2. The van der Waals surface area contributed by atoms with Crippen LogP contribution in [-0.4, -0.2) is 28.1 Å². The van der Waals surface area contributed by atoms with Gasteiger partial charge in [0.2, 0.25) is 11.9 Å². The monoisotopic (exact) mass is 284 g/mol. The second kappa shape index (κ2) is 7.05. The molecule has 108 valence electrons. The Morgan fingerprint density at radius 3 is 2.43 bits per heavy atom. The van der Waals surface area contributed by atoms with E-state index in [0.717, 1.165) is 5.69 Å². The largest absolute Gasteiger partial charge is 0.464 e. The van der Waals surface area contributed by atoms with Crippen molar-refractivity contribution in [2.24, 2.45) is 0 Å². The Morgan fingerprint density at radius 2 is 1.81 bits per heavy atom. The summed E-state index contributed by atoms with van der Waals surface area (Å²) in [5.74, 6) is 0.834. The third kappa shape index (κ3) is 4.04. The summed E-state index contributed by atoms with van der Waals surface area (Å²) in [5, 5.41) is 14.9. The average Bonchev–Trinajstić information content (AvgIpc) is 2.48. The zero-order valence-corrected chi connectivity index (χ0v) is 11.9. The third-order valence-electron chi connectivity index (χ3n) is 2.49. The number of rotatable bonds is 6. The van der Waals surface area contributed by atoms with Gasteiger partial charge >= 0.3 is 6.01 Å². The van der Waals surface area contributed by atoms with Crippen LogP contribution in [0.15, 0.2) is 24.3 Å². The molecule has 2 rings (SSSR count). The summed E-state index contributed by atoms with van der Waals surface area (Å²) in [5.41, 5.74) is 1.38. The van der Waals surface area contributed by atoms with Crippen molar-refractivity contribution < 1.29 is 4.74 Å². The van der Waals surface area contributed by atoms with Gasteiger partial charge in [-0.25, -0.2) is 0 Å². The van der Waals surface area contributed by atoms with E-state index in [2.05, 4.69) is 31.7 Å². The van der Waals surface area contributed by atoms with Crippen LogP contribution in [0.1, 0.15) is 19.4 Å². The van der Waals surface area contributed by atoms with Crippen molar-refractivity contribution >= 4 is 17.6 Å². The molecule has 1 aromatic heterocycles. The maximum Gasteiger partial charge on any atom is 0.323 e. The molecule has 7 nitrogen and oxygen atoms in total. The highest BCUT2D eigenvalue weighted by Gasteiger charge is 2.07. The van der Waals surface area contributed by atoms with E-state index in [0.29, 0.717) is 30.6 Å². The Morgan fingerprint density at radius 1 is 1.10 bits per heavy atom. The van der Waals surface area contributed by atoms with E-state index in [-0.39, 0.29) is 6.01 Å². The quantitative estimate of drug-likeness (QED) is 0.840. The molecule has 0 bridgehead atoms. The maximum absolute atomic E-state index is 8.78. The molecule has 7 heteroatoms. The van der Waals surface area contributed by atoms with E-state index in [1.165, 1.54) is 0 Å². The number of hydrogen-bond acceptors (Lipinski definition) is 7. The summed E-state index contributed by atoms with van der Waals surface area (Å²) >= 11 is 0. The van der Waals surface area contributed by atoms with Crippen LogP contribution in [-0.2, 0) is 0 Å². The van der Waals surface area contributed by atoms with Crippen LogP contribution in [0, 0.1) is 11.3 Å². The van der Waals surface area contributed by atoms with Crippen LogP contribution in [0.3, 0.4) is 0 Å². The molecular formula is C14H16N6O. The van der Waals surface area contributed by atoms with Crippen LogP contribution >= 0.6 is 0 Å². The minimum Gasteiger partial charge on any atom is -0.464 e. The Hall–Kier alpha value is -2.88. The topological polar surface area (TPSA) is 95.8 Å². The van der Waals surface area contributed by atoms with Gasteiger partial charge in [-0.2, -0.15) is 20.2 Å². The molecule has 1 heterocycles. The van der Waals surface area contributed by atoms with Crippen LogP contribution in [0.5, 0.6) is 6.01 Å². The van der Waals surface area contributed by atoms with Gasteiger partial charge in [0.15, 0.2) is 0 Å². The lowest BCUT2D eigenvalue weighted by molar-refractivity contribution is 0.312. The molecule has 2 aromatic rings. The lowest BCUT2D eigenvalue weighted by atomic mass is 10.2. The molecule has 0 aliphatic heterocycles. The summed E-state index contributed by atoms with van der Waals surface area (Å²) in [7, 11) is 0. The fourth-order valence-electron chi connectivity index (χ4n) is 1.60. The van der Waals surface area contributed by atoms with Gasteiger partial charge in [-0.1, -0.05) is 0 Å². The fraction of sp³-hybridized carbons (Fsp3) is 0.286. The van der Waals surface area contributed by atoms with E-state index in [9.17, 15) is 0 Å². The van der Waals surface area contributed by atoms with Gasteiger partial charge in [0, 0.05) is 12.2 Å². The summed E-state index contributed by atoms with van der Waals surface area (Å²) in [6, 6.07) is 9.35. The number of nitrogens with one attached hydrogen (secondary N) is 2. The van der Waals surface area contributed by atoms with Crippen LogP contribution in [0.4, 0.5) is 17.6 Å². The van der Waals surface area contributed by atoms with Gasteiger partial charge in [0.1, 0.15) is 0 Å². The van der Waals surface area contributed by atoms with Crippen molar-refractivity contribution in [1.29, 1.82) is 5.26 Å². The predicted molar refractivity (Wildman–Crippen MR) is 79.6 cm³/mol. The molecule has 0 fully saturated rings. The summed E-state index contributed by atoms with van der Waals surface area (Å²) in [4.78, 5) is 12.6. The Labute approximate surface area is 123 Å². The molecular weight excluding hydrogens is 268 g/mol. The molecule has 0 unspecified atom stereocenters. The predicted octanol–water partition coefficient (Wildman–Crippen LogP) is 2.32. The highest BCUT2D eigenvalue weighted by molar-refractivity contribution is 5.55. The van der Waals surface area contributed by atoms with E-state index in [4.69, 9.17) is 10.00 Å². The summed E-state index contributed by atoms with van der Waals surface area (Å²) in [6.07, 6.45) is 0. The fourth-order valence-corrected chi connectivity index (χ4v) is 1.60. The van der Waals surface area contributed by atoms with Crippen molar-refractivity contribution in [3.8, 4) is 12.1 Å². The first kappa shape index (κ1) is 14.5. The molecule has 0 saturated carbocycles. The first-order valence-corrected chi connectivity index (χ1v) is 6.65. The maximum atomic E-state index is 8.78. The lowest BCUT2D eigenvalue weighted by Gasteiger charge is -2.09. The van der Waals surface area contributed by atoms with Crippen LogP contribution < -0.4 is 15.4 Å². The van der Waals surface area contributed by atoms with Gasteiger partial charge in [0.05, 0.1) is 18.2 Å². The Kier molecular flexibility index (Phi) is 4.88. The van der Waals surface area contributed by atoms with Gasteiger partial charge in [-0.3, -0.25) is 0 Å². The average molecular weight is 284 g/mol. The van der Waals surface area contributed by atoms with Crippen molar-refractivity contribution in [3.05, 3.63) is 29.8 Å². The number of benzene rings is 1. The number of ether oxygens (including phenoxy) is 1. The highest BCUT2D eigenvalue weighted by atomic mass is 16.5. The first-order valence-electron chi connectivity index (χ1n) is 6.65. The molecule has 0 spiro atoms. The number of aromatic nitrogens is 3. The molecule has 0 saturated heterocycles. The molecule has 0 amide bonds. The number of nitriles is 1. The van der Waals surface area contributed by atoms with Gasteiger partial charge in [-0.05, 0) is 38.1 Å². The molecule has 0 atom stereocenters. The molecule has 21 heavy (non-hydrogen) atoms. The standard InChI is InChI=1S/C14H16N6O/c1-3-16-12-18-13(20-14(19-12)21-4-2)17-11-7-5-10(9-15)6-8-11/h5-8H,3-4H2,1-2H3,(H2,16,17,18,19,20). The zero-order valence-electron chi connectivity index (χ0n) is 11.9. The van der Waals surface area contributed by atoms with Gasteiger partial charge < -0.3 is 15.4 Å². The van der Waals surface area contributed by atoms with Gasteiger partial charge in [-0.15, -0.1) is 0 Å². The summed E-state index contributed by atoms with van der Waals surface area (Å²) in [6.45, 7) is 5.00. The van der Waals surface area contributed by atoms with E-state index in [1.54, 1.807) is 24.3 Å². The number of nitrogens with zero attached hydrogens (tertiary/aromatic N) is 4. The normalized spacial score (nSPS) is 9.76. The highest BCUT2D eigenvalue weighted by Crippen LogP contribution is 2.17. The van der Waals surface area contributed by atoms with Gasteiger partial charge in [0.25, 0.3) is 0 Å². The van der Waals surface area contributed by atoms with Crippen LogP contribution in [0.25, 0.3) is 0 Å². The van der Waals surface area contributed by atoms with E-state index in [1.807, 2.05) is 13.8 Å². The van der Waals surface area contributed by atoms with Crippen molar-refractivity contribution in [1.82, 2.24) is 15.0 Å².